The summed E-state index contributed by atoms with van der Waals surface area (Å²) in [6.45, 7) is 6.27. The molecule has 3 heterocycles. The number of nitrogens with zero attached hydrogens (tertiary/aromatic N) is 5. The highest BCUT2D eigenvalue weighted by molar-refractivity contribution is 5.85. The van der Waals surface area contributed by atoms with Crippen LogP contribution in [-0.2, 0) is 19.5 Å². The molecular weight excluding hydrogens is 346 g/mol. The zero-order valence-corrected chi connectivity index (χ0v) is 16.4. The van der Waals surface area contributed by atoms with Crippen molar-refractivity contribution in [1.82, 2.24) is 19.1 Å². The molecule has 2 aromatic heterocycles. The molecule has 1 atom stereocenters. The van der Waals surface area contributed by atoms with Crippen molar-refractivity contribution in [2.24, 2.45) is 0 Å². The fourth-order valence-electron chi connectivity index (χ4n) is 3.74. The highest BCUT2D eigenvalue weighted by Crippen LogP contribution is 2.34. The molecule has 0 amide bonds. The molecule has 0 N–H and O–H groups in total. The summed E-state index contributed by atoms with van der Waals surface area (Å²) in [4.78, 5) is 11.0. The molecule has 0 fully saturated rings. The molecule has 0 bridgehead atoms. The van der Waals surface area contributed by atoms with Crippen LogP contribution in [0.2, 0.25) is 0 Å². The van der Waals surface area contributed by atoms with E-state index in [0.29, 0.717) is 6.04 Å². The number of likely N-dealkylation sites (N-methyl/N-ethyl adjacent to an activating group) is 1. The van der Waals surface area contributed by atoms with Crippen LogP contribution in [0.3, 0.4) is 0 Å². The fraction of sp³-hybridized carbons (Fsp3) is 0.400. The first-order valence-corrected chi connectivity index (χ1v) is 8.97. The molecule has 1 aliphatic heterocycles. The minimum Gasteiger partial charge on any atom is -0.371 e. The van der Waals surface area contributed by atoms with Crippen LogP contribution in [0.4, 0.5) is 5.69 Å². The van der Waals surface area contributed by atoms with Gasteiger partial charge in [-0.25, -0.2) is 9.97 Å². The maximum atomic E-state index is 4.39. The predicted octanol–water partition coefficient (Wildman–Crippen LogP) is 3.95. The number of halogens is 1. The van der Waals surface area contributed by atoms with Gasteiger partial charge in [0.05, 0.1) is 18.2 Å². The van der Waals surface area contributed by atoms with Gasteiger partial charge < -0.3 is 14.0 Å². The van der Waals surface area contributed by atoms with Gasteiger partial charge in [-0.3, -0.25) is 0 Å². The molecule has 0 saturated heterocycles. The number of hydrogen-bond donors (Lipinski definition) is 0. The number of rotatable bonds is 5. The van der Waals surface area contributed by atoms with Gasteiger partial charge in [0.2, 0.25) is 0 Å². The SMILES string of the molecule is Cc1nccn1CCCn1cncc1-c1ccc2c(c1)CC(C)N2C.Cl. The van der Waals surface area contributed by atoms with Crippen molar-refractivity contribution in [1.29, 1.82) is 0 Å². The molecule has 1 unspecified atom stereocenters. The van der Waals surface area contributed by atoms with E-state index in [1.165, 1.54) is 22.5 Å². The third-order valence-corrected chi connectivity index (χ3v) is 5.37. The quantitative estimate of drug-likeness (QED) is 0.681. The molecule has 6 heteroatoms. The van der Waals surface area contributed by atoms with Gasteiger partial charge in [-0.2, -0.15) is 0 Å². The summed E-state index contributed by atoms with van der Waals surface area (Å²) in [6.07, 6.45) is 10.0. The van der Waals surface area contributed by atoms with Crippen molar-refractivity contribution in [3.8, 4) is 11.3 Å². The van der Waals surface area contributed by atoms with Gasteiger partial charge in [0.25, 0.3) is 0 Å². The van der Waals surface area contributed by atoms with Crippen LogP contribution in [0.25, 0.3) is 11.3 Å². The zero-order valence-electron chi connectivity index (χ0n) is 15.6. The van der Waals surface area contributed by atoms with Crippen LogP contribution in [0.1, 0.15) is 24.7 Å². The Bertz CT molecular complexity index is 882. The number of benzene rings is 1. The molecule has 1 aromatic carbocycles. The van der Waals surface area contributed by atoms with E-state index >= 15 is 0 Å². The molecule has 138 valence electrons. The lowest BCUT2D eigenvalue weighted by Crippen LogP contribution is -2.23. The van der Waals surface area contributed by atoms with Crippen molar-refractivity contribution in [3.05, 3.63) is 54.5 Å². The molecule has 1 aliphatic rings. The van der Waals surface area contributed by atoms with E-state index in [9.17, 15) is 0 Å². The largest absolute Gasteiger partial charge is 0.371 e. The number of hydrogen-bond acceptors (Lipinski definition) is 3. The molecule has 5 nitrogen and oxygen atoms in total. The standard InChI is InChI=1S/C20H25N5.ClH/c1-15-11-18-12-17(5-6-19(18)23(15)3)20-13-21-14-25(20)9-4-8-24-10-7-22-16(24)2;/h5-7,10,12-15H,4,8-9,11H2,1-3H3;1H. The Balaban J connectivity index is 0.00000196. The van der Waals surface area contributed by atoms with Gasteiger partial charge in [0, 0.05) is 49.8 Å². The Morgan fingerprint density at radius 3 is 2.77 bits per heavy atom. The first-order valence-electron chi connectivity index (χ1n) is 8.97. The van der Waals surface area contributed by atoms with Crippen LogP contribution in [0.5, 0.6) is 0 Å². The van der Waals surface area contributed by atoms with Gasteiger partial charge in [-0.1, -0.05) is 6.07 Å². The maximum Gasteiger partial charge on any atom is 0.105 e. The van der Waals surface area contributed by atoms with E-state index in [2.05, 4.69) is 56.2 Å². The van der Waals surface area contributed by atoms with Gasteiger partial charge in [-0.15, -0.1) is 12.4 Å². The van der Waals surface area contributed by atoms with E-state index in [0.717, 1.165) is 31.8 Å². The first kappa shape index (κ1) is 18.5. The minimum atomic E-state index is 0. The van der Waals surface area contributed by atoms with Crippen LogP contribution >= 0.6 is 12.4 Å². The molecule has 26 heavy (non-hydrogen) atoms. The number of aryl methyl sites for hydroxylation is 3. The van der Waals surface area contributed by atoms with Gasteiger partial charge in [0.15, 0.2) is 0 Å². The van der Waals surface area contributed by atoms with E-state index < -0.39 is 0 Å². The number of aromatic nitrogens is 4. The van der Waals surface area contributed by atoms with E-state index in [1.54, 1.807) is 0 Å². The maximum absolute atomic E-state index is 4.39. The van der Waals surface area contributed by atoms with E-state index in [4.69, 9.17) is 0 Å². The summed E-state index contributed by atoms with van der Waals surface area (Å²) in [5, 5.41) is 0. The van der Waals surface area contributed by atoms with Crippen molar-refractivity contribution in [3.63, 3.8) is 0 Å². The third-order valence-electron chi connectivity index (χ3n) is 5.37. The van der Waals surface area contributed by atoms with Gasteiger partial charge in [-0.05, 0) is 44.4 Å². The molecule has 3 aromatic rings. The summed E-state index contributed by atoms with van der Waals surface area (Å²) >= 11 is 0. The van der Waals surface area contributed by atoms with E-state index in [-0.39, 0.29) is 12.4 Å². The summed E-state index contributed by atoms with van der Waals surface area (Å²) in [5.74, 6) is 1.07. The second-order valence-corrected chi connectivity index (χ2v) is 7.00. The number of anilines is 1. The van der Waals surface area contributed by atoms with Crippen molar-refractivity contribution in [2.75, 3.05) is 11.9 Å². The van der Waals surface area contributed by atoms with Crippen LogP contribution in [-0.4, -0.2) is 32.2 Å². The minimum absolute atomic E-state index is 0. The average molecular weight is 372 g/mol. The Morgan fingerprint density at radius 2 is 2.00 bits per heavy atom. The average Bonchev–Trinajstić information content (AvgIpc) is 3.29. The van der Waals surface area contributed by atoms with Crippen LogP contribution in [0, 0.1) is 6.92 Å². The first-order chi connectivity index (χ1) is 12.1. The highest BCUT2D eigenvalue weighted by Gasteiger charge is 2.23. The molecule has 0 spiro atoms. The van der Waals surface area contributed by atoms with Crippen LogP contribution < -0.4 is 4.90 Å². The molecular formula is C20H26ClN5. The summed E-state index contributed by atoms with van der Waals surface area (Å²) in [6, 6.07) is 7.39. The normalized spacial score (nSPS) is 15.8. The summed E-state index contributed by atoms with van der Waals surface area (Å²) in [5.41, 5.74) is 5.26. The molecule has 0 radical (unpaired) electrons. The second-order valence-electron chi connectivity index (χ2n) is 7.00. The van der Waals surface area contributed by atoms with Crippen molar-refractivity contribution >= 4 is 18.1 Å². The third kappa shape index (κ3) is 3.36. The summed E-state index contributed by atoms with van der Waals surface area (Å²) in [7, 11) is 2.18. The smallest absolute Gasteiger partial charge is 0.105 e. The molecule has 0 aliphatic carbocycles. The Kier molecular flexibility index (Phi) is 5.37. The van der Waals surface area contributed by atoms with Gasteiger partial charge >= 0.3 is 0 Å². The fourth-order valence-corrected chi connectivity index (χ4v) is 3.74. The molecule has 0 saturated carbocycles. The van der Waals surface area contributed by atoms with Crippen molar-refractivity contribution < 1.29 is 0 Å². The van der Waals surface area contributed by atoms with E-state index in [1.807, 2.05) is 31.8 Å². The number of imidazole rings is 2. The highest BCUT2D eigenvalue weighted by atomic mass is 35.5. The predicted molar refractivity (Wildman–Crippen MR) is 108 cm³/mol. The van der Waals surface area contributed by atoms with Gasteiger partial charge in [0.1, 0.15) is 5.82 Å². The monoisotopic (exact) mass is 371 g/mol. The lowest BCUT2D eigenvalue weighted by Gasteiger charge is -2.18. The van der Waals surface area contributed by atoms with Crippen molar-refractivity contribution in [2.45, 2.75) is 45.8 Å². The Morgan fingerprint density at radius 1 is 1.19 bits per heavy atom. The topological polar surface area (TPSA) is 38.9 Å². The second kappa shape index (κ2) is 7.54. The zero-order chi connectivity index (χ0) is 17.4. The number of fused-ring (bicyclic) bond motifs is 1. The Labute approximate surface area is 161 Å². The van der Waals surface area contributed by atoms with Crippen LogP contribution in [0.15, 0.2) is 43.1 Å². The lowest BCUT2D eigenvalue weighted by molar-refractivity contribution is 0.557. The molecule has 4 rings (SSSR count). The lowest BCUT2D eigenvalue weighted by atomic mass is 10.1. The summed E-state index contributed by atoms with van der Waals surface area (Å²) < 4.78 is 4.46. The Hall–Kier alpha value is -2.27.